The topological polar surface area (TPSA) is 74.3 Å². The van der Waals surface area contributed by atoms with Crippen molar-refractivity contribution in [3.8, 4) is 11.8 Å². The van der Waals surface area contributed by atoms with E-state index < -0.39 is 0 Å². The van der Waals surface area contributed by atoms with E-state index in [1.54, 1.807) is 6.92 Å². The molecule has 0 unspecified atom stereocenters. The number of aliphatic imine (C=N–C) groups is 2. The lowest BCUT2D eigenvalue weighted by molar-refractivity contribution is -0.128. The minimum absolute atomic E-state index is 0.0782. The molecule has 0 bridgehead atoms. The van der Waals surface area contributed by atoms with Crippen LogP contribution < -0.4 is 5.73 Å². The van der Waals surface area contributed by atoms with Crippen LogP contribution in [-0.2, 0) is 4.79 Å². The molecule has 3 aliphatic heterocycles. The van der Waals surface area contributed by atoms with Gasteiger partial charge in [-0.25, -0.2) is 0 Å². The van der Waals surface area contributed by atoms with Crippen LogP contribution in [0.25, 0.3) is 0 Å². The highest BCUT2D eigenvalue weighted by atomic mass is 16.2. The van der Waals surface area contributed by atoms with Gasteiger partial charge in [0.1, 0.15) is 5.82 Å². The fourth-order valence-corrected chi connectivity index (χ4v) is 6.20. The molecule has 0 aromatic rings. The maximum absolute atomic E-state index is 12.4. The number of hydrogen-bond donors (Lipinski definition) is 1. The lowest BCUT2D eigenvalue weighted by Gasteiger charge is -2.32. The predicted molar refractivity (Wildman–Crippen MR) is 155 cm³/mol. The summed E-state index contributed by atoms with van der Waals surface area (Å²) in [5.74, 6) is 11.6. The van der Waals surface area contributed by atoms with E-state index in [2.05, 4.69) is 41.7 Å². The van der Waals surface area contributed by atoms with E-state index >= 15 is 0 Å². The van der Waals surface area contributed by atoms with Crippen LogP contribution in [0.1, 0.15) is 78.1 Å². The molecule has 1 amide bonds. The standard InChI is InChI=1S/C32H41N5O/c1-3-24-15-18-37(21-24)31-20-25-10-6-4-9-13-28(27(25)14-17-34-31)32(33)29-22-36(23(2)38)19-16-30(29)35-26-11-7-5-8-12-26/h13-14,20,24,26H,3,5,7-12,15-16,18-19,21-22,33H2,1-2H3/b28-13+,32-29?,35-30?/t24-/m1/s1. The molecule has 5 aliphatic rings. The SMILES string of the molecule is CC[C@@H]1CCN(C2=CC3=C(C=C=N2)/C(C(N)=C2CN(C(C)=O)CCC2=NC2CCCCC2)=C\CC#CC3)C1. The minimum atomic E-state index is 0.0782. The normalized spacial score (nSPS) is 28.1. The van der Waals surface area contributed by atoms with Crippen molar-refractivity contribution in [2.75, 3.05) is 26.2 Å². The van der Waals surface area contributed by atoms with Crippen LogP contribution in [0.3, 0.4) is 0 Å². The van der Waals surface area contributed by atoms with Crippen molar-refractivity contribution in [2.24, 2.45) is 21.6 Å². The summed E-state index contributed by atoms with van der Waals surface area (Å²) in [5, 5.41) is 0. The van der Waals surface area contributed by atoms with Gasteiger partial charge in [-0.3, -0.25) is 9.79 Å². The Balaban J connectivity index is 1.55. The zero-order valence-electron chi connectivity index (χ0n) is 23.1. The Morgan fingerprint density at radius 3 is 2.79 bits per heavy atom. The van der Waals surface area contributed by atoms with Crippen molar-refractivity contribution in [3.63, 3.8) is 0 Å². The van der Waals surface area contributed by atoms with Crippen LogP contribution in [0.5, 0.6) is 0 Å². The monoisotopic (exact) mass is 511 g/mol. The maximum atomic E-state index is 12.4. The molecule has 0 aromatic carbocycles. The number of nitrogens with zero attached hydrogens (tertiary/aromatic N) is 4. The van der Waals surface area contributed by atoms with E-state index in [0.717, 1.165) is 72.1 Å². The molecular weight excluding hydrogens is 470 g/mol. The Bertz CT molecular complexity index is 1240. The number of amides is 1. The van der Waals surface area contributed by atoms with Gasteiger partial charge in [-0.1, -0.05) is 50.5 Å². The number of carbonyl (C=O) groups excluding carboxylic acids is 1. The molecule has 1 saturated carbocycles. The third kappa shape index (κ3) is 5.89. The molecule has 6 heteroatoms. The van der Waals surface area contributed by atoms with E-state index in [4.69, 9.17) is 15.7 Å². The van der Waals surface area contributed by atoms with Gasteiger partial charge in [0.15, 0.2) is 0 Å². The van der Waals surface area contributed by atoms with E-state index in [0.29, 0.717) is 37.7 Å². The van der Waals surface area contributed by atoms with Gasteiger partial charge in [0.25, 0.3) is 0 Å². The summed E-state index contributed by atoms with van der Waals surface area (Å²) in [6.45, 7) is 7.17. The number of carbonyl (C=O) groups is 1. The van der Waals surface area contributed by atoms with Crippen molar-refractivity contribution in [3.05, 3.63) is 52.0 Å². The molecule has 1 atom stereocenters. The molecule has 0 radical (unpaired) electrons. The Hall–Kier alpha value is -3.29. The van der Waals surface area contributed by atoms with Crippen molar-refractivity contribution < 1.29 is 4.79 Å². The lowest BCUT2D eigenvalue weighted by atomic mass is 9.88. The lowest BCUT2D eigenvalue weighted by Crippen LogP contribution is -2.40. The zero-order valence-corrected chi connectivity index (χ0v) is 23.1. The van der Waals surface area contributed by atoms with Crippen molar-refractivity contribution in [1.29, 1.82) is 0 Å². The Labute approximate surface area is 227 Å². The summed E-state index contributed by atoms with van der Waals surface area (Å²) in [5.41, 5.74) is 13.0. The van der Waals surface area contributed by atoms with E-state index in [1.165, 1.54) is 32.1 Å². The molecule has 3 heterocycles. The number of allylic oxidation sites excluding steroid dienone is 5. The number of likely N-dealkylation sites (tertiary alicyclic amines) is 2. The van der Waals surface area contributed by atoms with Gasteiger partial charge >= 0.3 is 0 Å². The minimum Gasteiger partial charge on any atom is -0.398 e. The summed E-state index contributed by atoms with van der Waals surface area (Å²) >= 11 is 0. The van der Waals surface area contributed by atoms with Gasteiger partial charge in [-0.15, -0.1) is 0 Å². The molecule has 38 heavy (non-hydrogen) atoms. The van der Waals surface area contributed by atoms with Crippen LogP contribution in [0.15, 0.2) is 62.0 Å². The molecule has 3 fully saturated rings. The van der Waals surface area contributed by atoms with Crippen molar-refractivity contribution in [1.82, 2.24) is 9.80 Å². The van der Waals surface area contributed by atoms with E-state index in [1.807, 2.05) is 11.0 Å². The molecule has 0 spiro atoms. The fraction of sp³-hybridized carbons (Fsp3) is 0.562. The van der Waals surface area contributed by atoms with Crippen LogP contribution in [-0.4, -0.2) is 59.5 Å². The van der Waals surface area contributed by atoms with Gasteiger partial charge in [-0.05, 0) is 48.3 Å². The highest BCUT2D eigenvalue weighted by Crippen LogP contribution is 2.32. The highest BCUT2D eigenvalue weighted by Gasteiger charge is 2.28. The number of rotatable bonds is 4. The summed E-state index contributed by atoms with van der Waals surface area (Å²) in [7, 11) is 0. The van der Waals surface area contributed by atoms with Crippen molar-refractivity contribution in [2.45, 2.75) is 84.1 Å². The molecule has 2 saturated heterocycles. The first-order chi connectivity index (χ1) is 18.5. The second kappa shape index (κ2) is 12.0. The van der Waals surface area contributed by atoms with E-state index in [-0.39, 0.29) is 5.91 Å². The molecule has 5 rings (SSSR count). The average molecular weight is 512 g/mol. The highest BCUT2D eigenvalue weighted by molar-refractivity contribution is 6.03. The first-order valence-electron chi connectivity index (χ1n) is 14.5. The van der Waals surface area contributed by atoms with Crippen LogP contribution >= 0.6 is 0 Å². The van der Waals surface area contributed by atoms with Gasteiger partial charge in [-0.2, -0.15) is 4.99 Å². The summed E-state index contributed by atoms with van der Waals surface area (Å²) < 4.78 is 0. The van der Waals surface area contributed by atoms with Gasteiger partial charge in [0.05, 0.1) is 6.04 Å². The van der Waals surface area contributed by atoms with Crippen LogP contribution in [0, 0.1) is 17.8 Å². The number of piperidine rings is 1. The van der Waals surface area contributed by atoms with Crippen LogP contribution in [0.2, 0.25) is 0 Å². The molecule has 2 aliphatic carbocycles. The third-order valence-corrected chi connectivity index (χ3v) is 8.62. The first kappa shape index (κ1) is 26.3. The molecule has 2 N–H and O–H groups in total. The van der Waals surface area contributed by atoms with Gasteiger partial charge in [0, 0.05) is 81.0 Å². The zero-order chi connectivity index (χ0) is 26.5. The quantitative estimate of drug-likeness (QED) is 0.536. The van der Waals surface area contributed by atoms with Gasteiger partial charge < -0.3 is 15.5 Å². The van der Waals surface area contributed by atoms with Gasteiger partial charge in [0.2, 0.25) is 5.91 Å². The Morgan fingerprint density at radius 1 is 1.18 bits per heavy atom. The number of nitrogens with two attached hydrogens (primary N) is 1. The summed E-state index contributed by atoms with van der Waals surface area (Å²) in [6.07, 6.45) is 16.8. The first-order valence-corrected chi connectivity index (χ1v) is 14.5. The third-order valence-electron chi connectivity index (χ3n) is 8.62. The fourth-order valence-electron chi connectivity index (χ4n) is 6.20. The Kier molecular flexibility index (Phi) is 8.35. The smallest absolute Gasteiger partial charge is 0.219 e. The molecule has 200 valence electrons. The Morgan fingerprint density at radius 2 is 2.03 bits per heavy atom. The predicted octanol–water partition coefficient (Wildman–Crippen LogP) is 5.06. The molecule has 0 aromatic heterocycles. The second-order valence-electron chi connectivity index (χ2n) is 11.1. The maximum Gasteiger partial charge on any atom is 0.219 e. The van der Waals surface area contributed by atoms with E-state index in [9.17, 15) is 4.79 Å². The van der Waals surface area contributed by atoms with Crippen LogP contribution in [0.4, 0.5) is 0 Å². The second-order valence-corrected chi connectivity index (χ2v) is 11.1. The van der Waals surface area contributed by atoms with Crippen molar-refractivity contribution >= 4 is 17.5 Å². The largest absolute Gasteiger partial charge is 0.398 e. The average Bonchev–Trinajstić information content (AvgIpc) is 3.31. The summed E-state index contributed by atoms with van der Waals surface area (Å²) in [4.78, 5) is 26.6. The molecule has 6 nitrogen and oxygen atoms in total. The number of hydrogen-bond acceptors (Lipinski definition) is 5. The summed E-state index contributed by atoms with van der Waals surface area (Å²) in [6, 6.07) is 0.361. The molecular formula is C32H41N5O.